The van der Waals surface area contributed by atoms with E-state index in [0.717, 1.165) is 16.2 Å². The molecule has 0 saturated carbocycles. The summed E-state index contributed by atoms with van der Waals surface area (Å²) in [5, 5.41) is 15.0. The maximum Gasteiger partial charge on any atom is 0.358 e. The van der Waals surface area contributed by atoms with E-state index in [9.17, 15) is 24.4 Å². The van der Waals surface area contributed by atoms with E-state index in [1.54, 1.807) is 45.3 Å². The molecule has 4 rings (SSSR count). The molecule has 2 aliphatic heterocycles. The fraction of sp³-hybridized carbons (Fsp3) is 0.375. The Morgan fingerprint density at radius 1 is 1.30 bits per heavy atom. The molecule has 212 valence electrons. The average molecular weight is 609 g/mol. The van der Waals surface area contributed by atoms with Gasteiger partial charge < -0.3 is 25.7 Å². The third kappa shape index (κ3) is 6.05. The molecule has 2 unspecified atom stereocenters. The monoisotopic (exact) mass is 608 g/mol. The average Bonchev–Trinajstić information content (AvgIpc) is 3.24. The van der Waals surface area contributed by atoms with Crippen molar-refractivity contribution in [2.24, 2.45) is 10.6 Å². The first-order valence-electron chi connectivity index (χ1n) is 11.9. The minimum absolute atomic E-state index is 0.00765. The molecule has 2 atom stereocenters. The maximum absolute atomic E-state index is 13.3. The first kappa shape index (κ1) is 29.3. The smallest absolute Gasteiger partial charge is 0.358 e. The van der Waals surface area contributed by atoms with Crippen LogP contribution in [0, 0.1) is 5.41 Å². The minimum atomic E-state index is -1.02. The highest BCUT2D eigenvalue weighted by atomic mass is 35.5. The Hall–Kier alpha value is -3.69. The Labute approximate surface area is 241 Å². The molecule has 2 amide bonds. The summed E-state index contributed by atoms with van der Waals surface area (Å²) in [6.45, 7) is 4.34. The van der Waals surface area contributed by atoms with Crippen molar-refractivity contribution >= 4 is 69.3 Å². The number of β-lactam (4-membered cyclic amide) rings is 1. The molecule has 16 heteroatoms. The number of pyridine rings is 1. The topological polar surface area (TPSA) is 186 Å². The summed E-state index contributed by atoms with van der Waals surface area (Å²) in [5.41, 5.74) is 4.18. The third-order valence-electron chi connectivity index (χ3n) is 5.90. The van der Waals surface area contributed by atoms with Crippen LogP contribution in [0.5, 0.6) is 0 Å². The zero-order valence-electron chi connectivity index (χ0n) is 21.5. The number of carbonyl (C=O) groups excluding carboxylic acids is 4. The van der Waals surface area contributed by atoms with Gasteiger partial charge in [0.15, 0.2) is 10.8 Å². The van der Waals surface area contributed by atoms with Crippen LogP contribution in [-0.2, 0) is 28.7 Å². The number of amides is 2. The number of hydrogen-bond acceptors (Lipinski definition) is 13. The number of aromatic nitrogens is 2. The molecule has 2 aliphatic rings. The summed E-state index contributed by atoms with van der Waals surface area (Å²) in [6, 6.07) is 1.90. The predicted octanol–water partition coefficient (Wildman–Crippen LogP) is 2.54. The quantitative estimate of drug-likeness (QED) is 0.0998. The third-order valence-corrected chi connectivity index (χ3v) is 8.13. The highest BCUT2D eigenvalue weighted by molar-refractivity contribution is 8.03. The van der Waals surface area contributed by atoms with Gasteiger partial charge in [-0.2, -0.15) is 0 Å². The predicted molar refractivity (Wildman–Crippen MR) is 145 cm³/mol. The van der Waals surface area contributed by atoms with Gasteiger partial charge in [0.1, 0.15) is 21.8 Å². The van der Waals surface area contributed by atoms with Crippen molar-refractivity contribution in [2.75, 3.05) is 12.5 Å². The molecule has 4 heterocycles. The van der Waals surface area contributed by atoms with Gasteiger partial charge in [0.25, 0.3) is 11.8 Å². The van der Waals surface area contributed by atoms with E-state index < -0.39 is 53.8 Å². The molecule has 0 radical (unpaired) electrons. The summed E-state index contributed by atoms with van der Waals surface area (Å²) in [4.78, 5) is 62.0. The molecule has 0 aromatic carbocycles. The summed E-state index contributed by atoms with van der Waals surface area (Å²) in [6.07, 6.45) is 3.99. The van der Waals surface area contributed by atoms with Crippen LogP contribution in [0.4, 0.5) is 5.13 Å². The van der Waals surface area contributed by atoms with Crippen molar-refractivity contribution < 1.29 is 33.9 Å². The molecular formula is C24H25ClN6O7S2. The standard InChI is InChI=1S/C24H25ClN6O7S2/c1-24(2,3)22(35)38-10-37-21(34)17-13(39-11-6-8-27-9-7-11)5-4-12-14(20(33)31(12)17)28-19(32)16(30-36)15-18(25)40-23(26)29-15/h6-9,12,14,36H,4-5,10H2,1-3H3,(H2,26,29)(H,28,32). The second kappa shape index (κ2) is 11.8. The van der Waals surface area contributed by atoms with Gasteiger partial charge in [-0.15, -0.1) is 0 Å². The van der Waals surface area contributed by atoms with E-state index in [1.807, 2.05) is 0 Å². The SMILES string of the molecule is CC(C)(C)C(=O)OCOC(=O)C1=C(Sc2ccncc2)CCC2C(NC(=O)C(=NO)c3nc(N)sc3Cl)C(=O)N12. The zero-order valence-corrected chi connectivity index (χ0v) is 23.9. The number of nitrogen functional groups attached to an aromatic ring is 1. The van der Waals surface area contributed by atoms with E-state index >= 15 is 0 Å². The molecule has 40 heavy (non-hydrogen) atoms. The first-order valence-corrected chi connectivity index (χ1v) is 13.9. The fourth-order valence-corrected chi connectivity index (χ4v) is 5.93. The van der Waals surface area contributed by atoms with Crippen molar-refractivity contribution in [3.63, 3.8) is 0 Å². The first-order chi connectivity index (χ1) is 18.9. The van der Waals surface area contributed by atoms with E-state index in [1.165, 1.54) is 16.7 Å². The summed E-state index contributed by atoms with van der Waals surface area (Å²) in [5.74, 6) is -2.89. The number of nitrogens with one attached hydrogen (secondary N) is 1. The Morgan fingerprint density at radius 2 is 2.00 bits per heavy atom. The van der Waals surface area contributed by atoms with Crippen LogP contribution < -0.4 is 11.1 Å². The Balaban J connectivity index is 1.53. The minimum Gasteiger partial charge on any atom is -0.427 e. The number of thiazole rings is 1. The fourth-order valence-electron chi connectivity index (χ4n) is 3.96. The van der Waals surface area contributed by atoms with Crippen LogP contribution in [0.2, 0.25) is 4.34 Å². The highest BCUT2D eigenvalue weighted by Gasteiger charge is 2.54. The number of halogens is 1. The largest absolute Gasteiger partial charge is 0.427 e. The van der Waals surface area contributed by atoms with Gasteiger partial charge in [-0.25, -0.2) is 9.78 Å². The molecule has 0 aliphatic carbocycles. The van der Waals surface area contributed by atoms with Gasteiger partial charge in [0.05, 0.1) is 11.5 Å². The van der Waals surface area contributed by atoms with Crippen molar-refractivity contribution in [1.29, 1.82) is 0 Å². The van der Waals surface area contributed by atoms with Crippen LogP contribution in [0.1, 0.15) is 39.3 Å². The summed E-state index contributed by atoms with van der Waals surface area (Å²) in [7, 11) is 0. The number of carbonyl (C=O) groups is 4. The van der Waals surface area contributed by atoms with Gasteiger partial charge in [-0.3, -0.25) is 24.3 Å². The Morgan fingerprint density at radius 3 is 2.60 bits per heavy atom. The lowest BCUT2D eigenvalue weighted by atomic mass is 9.86. The van der Waals surface area contributed by atoms with Crippen molar-refractivity contribution in [1.82, 2.24) is 20.2 Å². The molecule has 4 N–H and O–H groups in total. The molecule has 0 spiro atoms. The van der Waals surface area contributed by atoms with E-state index in [4.69, 9.17) is 26.8 Å². The van der Waals surface area contributed by atoms with Crippen LogP contribution >= 0.6 is 34.7 Å². The second-order valence-electron chi connectivity index (χ2n) is 9.68. The summed E-state index contributed by atoms with van der Waals surface area (Å²) < 4.78 is 10.3. The lowest BCUT2D eigenvalue weighted by molar-refractivity contribution is -0.174. The van der Waals surface area contributed by atoms with Crippen LogP contribution in [-0.4, -0.2) is 68.4 Å². The lowest BCUT2D eigenvalue weighted by Gasteiger charge is -2.50. The number of oxime groups is 1. The molecule has 0 bridgehead atoms. The molecular weight excluding hydrogens is 584 g/mol. The van der Waals surface area contributed by atoms with Gasteiger partial charge in [-0.05, 0) is 45.7 Å². The number of anilines is 1. The number of rotatable bonds is 8. The number of ether oxygens (including phenoxy) is 2. The van der Waals surface area contributed by atoms with Gasteiger partial charge in [0, 0.05) is 22.2 Å². The van der Waals surface area contributed by atoms with Crippen LogP contribution in [0.3, 0.4) is 0 Å². The number of thioether (sulfide) groups is 1. The normalized spacial score (nSPS) is 19.1. The van der Waals surface area contributed by atoms with Gasteiger partial charge in [-0.1, -0.05) is 39.9 Å². The molecule has 2 aromatic heterocycles. The van der Waals surface area contributed by atoms with Gasteiger partial charge >= 0.3 is 11.9 Å². The van der Waals surface area contributed by atoms with Gasteiger partial charge in [0.2, 0.25) is 6.79 Å². The van der Waals surface area contributed by atoms with Crippen molar-refractivity contribution in [2.45, 2.75) is 50.6 Å². The number of hydrogen-bond donors (Lipinski definition) is 3. The number of nitrogens with zero attached hydrogens (tertiary/aromatic N) is 4. The molecule has 13 nitrogen and oxygen atoms in total. The van der Waals surface area contributed by atoms with Crippen molar-refractivity contribution in [3.8, 4) is 0 Å². The zero-order chi connectivity index (χ0) is 29.2. The van der Waals surface area contributed by atoms with Crippen LogP contribution in [0.15, 0.2) is 45.2 Å². The van der Waals surface area contributed by atoms with E-state index in [2.05, 4.69) is 20.4 Å². The number of esters is 2. The lowest BCUT2D eigenvalue weighted by Crippen LogP contribution is -2.72. The van der Waals surface area contributed by atoms with E-state index in [-0.39, 0.29) is 20.9 Å². The second-order valence-corrected chi connectivity index (χ2v) is 12.5. The van der Waals surface area contributed by atoms with Crippen LogP contribution in [0.25, 0.3) is 0 Å². The highest BCUT2D eigenvalue weighted by Crippen LogP contribution is 2.43. The Bertz CT molecular complexity index is 1410. The number of allylic oxidation sites excluding steroid dienone is 1. The number of fused-ring (bicyclic) bond motifs is 1. The molecule has 1 fully saturated rings. The summed E-state index contributed by atoms with van der Waals surface area (Å²) >= 11 is 8.21. The van der Waals surface area contributed by atoms with Crippen molar-refractivity contribution in [3.05, 3.63) is 45.2 Å². The Kier molecular flexibility index (Phi) is 8.65. The van der Waals surface area contributed by atoms with E-state index in [0.29, 0.717) is 17.7 Å². The number of nitrogens with two attached hydrogens (primary N) is 1. The molecule has 2 aromatic rings. The molecule has 1 saturated heterocycles. The maximum atomic E-state index is 13.3.